The van der Waals surface area contributed by atoms with Crippen molar-refractivity contribution < 1.29 is 45.3 Å². The lowest BCUT2D eigenvalue weighted by Crippen LogP contribution is -2.42. The Morgan fingerprint density at radius 3 is 2.25 bits per heavy atom. The van der Waals surface area contributed by atoms with Gasteiger partial charge < -0.3 is 14.6 Å². The number of alkyl halides is 6. The van der Waals surface area contributed by atoms with Crippen molar-refractivity contribution in [3.05, 3.63) is 30.5 Å². The molecule has 1 heterocycles. The summed E-state index contributed by atoms with van der Waals surface area (Å²) in [4.78, 5) is 16.1. The van der Waals surface area contributed by atoms with Gasteiger partial charge in [-0.05, 0) is 12.8 Å². The second-order valence-corrected chi connectivity index (χ2v) is 7.88. The van der Waals surface area contributed by atoms with Gasteiger partial charge in [-0.3, -0.25) is 14.3 Å². The highest BCUT2D eigenvalue weighted by molar-refractivity contribution is 5.78. The van der Waals surface area contributed by atoms with Crippen LogP contribution in [0.3, 0.4) is 0 Å². The topological polar surface area (TPSA) is 74.6 Å². The molecule has 0 spiro atoms. The monoisotopic (exact) mass is 471 g/mol. The zero-order valence-corrected chi connectivity index (χ0v) is 16.9. The molecule has 7 nitrogen and oxygen atoms in total. The van der Waals surface area contributed by atoms with Gasteiger partial charge in [0.1, 0.15) is 6.61 Å². The molecule has 2 aliphatic carbocycles. The molecule has 0 bridgehead atoms. The zero-order valence-electron chi connectivity index (χ0n) is 16.9. The molecule has 1 amide bonds. The number of allylic oxidation sites excluding steroid dienone is 1. The third-order valence-electron chi connectivity index (χ3n) is 5.26. The summed E-state index contributed by atoms with van der Waals surface area (Å²) in [6.07, 6.45) is -7.23. The Labute approximate surface area is 179 Å². The first-order chi connectivity index (χ1) is 14.9. The van der Waals surface area contributed by atoms with Crippen LogP contribution in [-0.4, -0.2) is 53.1 Å². The average molecular weight is 471 g/mol. The summed E-state index contributed by atoms with van der Waals surface area (Å²) in [5.74, 6) is -0.553. The minimum Gasteiger partial charge on any atom is -0.368 e. The normalized spacial score (nSPS) is 25.7. The molecule has 3 rings (SSSR count). The second-order valence-electron chi connectivity index (χ2n) is 7.88. The molecule has 0 aliphatic heterocycles. The highest BCUT2D eigenvalue weighted by atomic mass is 19.4. The first-order valence-electron chi connectivity index (χ1n) is 9.96. The predicted molar refractivity (Wildman–Crippen MR) is 96.9 cm³/mol. The molecule has 32 heavy (non-hydrogen) atoms. The number of carbonyl (C=O) groups excluding carboxylic acids is 1. The third-order valence-corrected chi connectivity index (χ3v) is 5.26. The van der Waals surface area contributed by atoms with E-state index in [1.165, 1.54) is 0 Å². The lowest BCUT2D eigenvalue weighted by molar-refractivity contribution is -0.357. The van der Waals surface area contributed by atoms with Gasteiger partial charge in [0.2, 0.25) is 5.91 Å². The van der Waals surface area contributed by atoms with Gasteiger partial charge >= 0.3 is 12.7 Å². The van der Waals surface area contributed by atoms with Crippen molar-refractivity contribution in [1.82, 2.24) is 14.9 Å². The maximum Gasteiger partial charge on any atom is 0.522 e. The van der Waals surface area contributed by atoms with Gasteiger partial charge in [0.25, 0.3) is 0 Å². The number of ether oxygens (including phenoxy) is 3. The van der Waals surface area contributed by atoms with Crippen molar-refractivity contribution in [3.8, 4) is 0 Å². The summed E-state index contributed by atoms with van der Waals surface area (Å²) in [5.41, 5.74) is 1.10. The number of aromatic nitrogens is 2. The lowest BCUT2D eigenvalue weighted by Gasteiger charge is -2.34. The van der Waals surface area contributed by atoms with E-state index in [2.05, 4.69) is 26.4 Å². The van der Waals surface area contributed by atoms with E-state index in [1.807, 2.05) is 0 Å². The van der Waals surface area contributed by atoms with Crippen molar-refractivity contribution in [2.75, 3.05) is 6.61 Å². The summed E-state index contributed by atoms with van der Waals surface area (Å²) < 4.78 is 87.5. The Morgan fingerprint density at radius 1 is 1.06 bits per heavy atom. The summed E-state index contributed by atoms with van der Waals surface area (Å²) >= 11 is 0. The maximum atomic E-state index is 12.2. The van der Waals surface area contributed by atoms with E-state index < -0.39 is 36.9 Å². The van der Waals surface area contributed by atoms with Crippen LogP contribution in [0.1, 0.15) is 43.7 Å². The van der Waals surface area contributed by atoms with Gasteiger partial charge in [0.05, 0.1) is 30.3 Å². The van der Waals surface area contributed by atoms with Gasteiger partial charge in [-0.25, -0.2) is 4.98 Å². The molecule has 1 aromatic rings. The minimum absolute atomic E-state index is 0.0702. The van der Waals surface area contributed by atoms with Crippen LogP contribution >= 0.6 is 0 Å². The SMILES string of the molecule is C=C(CCn1cnc(C2CC(OC(F)(F)F)C2)c1)NC(=O)COC1CC(OC(F)(F)F)C1. The molecule has 0 radical (unpaired) electrons. The van der Waals surface area contributed by atoms with Crippen LogP contribution in [0.4, 0.5) is 26.3 Å². The standard InChI is InChI=1S/C19H23F6N3O4/c1-11(27-17(29)9-30-13-6-15(7-13)32-19(23,24)25)2-3-28-8-16(26-10-28)12-4-14(5-12)31-18(20,21)22/h8,10,12-15H,1-7,9H2,(H,27,29). The molecular formula is C19H23F6N3O4. The smallest absolute Gasteiger partial charge is 0.368 e. The fraction of sp³-hybridized carbons (Fsp3) is 0.684. The fourth-order valence-electron chi connectivity index (χ4n) is 3.49. The van der Waals surface area contributed by atoms with E-state index in [0.717, 1.165) is 0 Å². The number of amides is 1. The van der Waals surface area contributed by atoms with E-state index in [4.69, 9.17) is 4.74 Å². The van der Waals surface area contributed by atoms with E-state index in [-0.39, 0.29) is 38.2 Å². The van der Waals surface area contributed by atoms with Gasteiger partial charge in [0, 0.05) is 43.6 Å². The van der Waals surface area contributed by atoms with Crippen LogP contribution in [0.15, 0.2) is 24.8 Å². The first kappa shape index (κ1) is 24.5. The highest BCUT2D eigenvalue weighted by Crippen LogP contribution is 2.40. The van der Waals surface area contributed by atoms with Crippen molar-refractivity contribution in [2.24, 2.45) is 0 Å². The molecular weight excluding hydrogens is 448 g/mol. The Balaban J connectivity index is 1.28. The molecule has 2 fully saturated rings. The lowest BCUT2D eigenvalue weighted by atomic mass is 9.80. The molecule has 0 atom stereocenters. The quantitative estimate of drug-likeness (QED) is 0.526. The largest absolute Gasteiger partial charge is 0.522 e. The summed E-state index contributed by atoms with van der Waals surface area (Å²) in [6, 6.07) is 0. The fourth-order valence-corrected chi connectivity index (χ4v) is 3.49. The van der Waals surface area contributed by atoms with E-state index in [0.29, 0.717) is 24.4 Å². The molecule has 0 unspecified atom stereocenters. The number of nitrogens with zero attached hydrogens (tertiary/aromatic N) is 2. The summed E-state index contributed by atoms with van der Waals surface area (Å²) in [5, 5.41) is 2.56. The van der Waals surface area contributed by atoms with Crippen LogP contribution < -0.4 is 5.32 Å². The maximum absolute atomic E-state index is 12.2. The Kier molecular flexibility index (Phi) is 7.50. The van der Waals surface area contributed by atoms with Crippen molar-refractivity contribution in [3.63, 3.8) is 0 Å². The van der Waals surface area contributed by atoms with Crippen LogP contribution in [0, 0.1) is 0 Å². The molecule has 1 aromatic heterocycles. The van der Waals surface area contributed by atoms with Crippen LogP contribution in [0.2, 0.25) is 0 Å². The van der Waals surface area contributed by atoms with E-state index in [9.17, 15) is 31.1 Å². The van der Waals surface area contributed by atoms with Gasteiger partial charge in [-0.15, -0.1) is 26.3 Å². The van der Waals surface area contributed by atoms with Crippen LogP contribution in [0.5, 0.6) is 0 Å². The molecule has 0 saturated heterocycles. The number of hydrogen-bond donors (Lipinski definition) is 1. The van der Waals surface area contributed by atoms with Gasteiger partial charge in [-0.1, -0.05) is 6.58 Å². The van der Waals surface area contributed by atoms with Gasteiger partial charge in [0.15, 0.2) is 0 Å². The number of rotatable bonds is 10. The number of hydrogen-bond acceptors (Lipinski definition) is 5. The Hall–Kier alpha value is -2.12. The predicted octanol–water partition coefficient (Wildman–Crippen LogP) is 3.77. The summed E-state index contributed by atoms with van der Waals surface area (Å²) in [7, 11) is 0. The second kappa shape index (κ2) is 9.79. The number of halogens is 6. The highest BCUT2D eigenvalue weighted by Gasteiger charge is 2.42. The Bertz CT molecular complexity index is 798. The van der Waals surface area contributed by atoms with E-state index in [1.54, 1.807) is 17.1 Å². The van der Waals surface area contributed by atoms with Gasteiger partial charge in [-0.2, -0.15) is 0 Å². The molecule has 2 aliphatic rings. The molecule has 180 valence electrons. The first-order valence-corrected chi connectivity index (χ1v) is 9.96. The molecule has 13 heteroatoms. The number of nitrogens with one attached hydrogen (secondary N) is 1. The number of carbonyl (C=O) groups is 1. The number of aryl methyl sites for hydroxylation is 1. The van der Waals surface area contributed by atoms with E-state index >= 15 is 0 Å². The molecule has 1 N–H and O–H groups in total. The summed E-state index contributed by atoms with van der Waals surface area (Å²) in [6.45, 7) is 3.89. The van der Waals surface area contributed by atoms with Crippen molar-refractivity contribution >= 4 is 5.91 Å². The van der Waals surface area contributed by atoms with Crippen molar-refractivity contribution in [1.29, 1.82) is 0 Å². The average Bonchev–Trinajstić information content (AvgIpc) is 3.04. The zero-order chi connectivity index (χ0) is 23.5. The number of imidazole rings is 1. The third kappa shape index (κ3) is 7.78. The minimum atomic E-state index is -4.68. The molecule has 2 saturated carbocycles. The van der Waals surface area contributed by atoms with Crippen LogP contribution in [0.25, 0.3) is 0 Å². The Morgan fingerprint density at radius 2 is 1.66 bits per heavy atom. The molecule has 0 aromatic carbocycles. The van der Waals surface area contributed by atoms with Crippen molar-refractivity contribution in [2.45, 2.75) is 75.6 Å². The van der Waals surface area contributed by atoms with Crippen LogP contribution in [-0.2, 0) is 25.5 Å².